The minimum atomic E-state index is -0.968. The molecule has 7 heteroatoms. The molecule has 27 heavy (non-hydrogen) atoms. The number of rotatable bonds is 9. The average molecular weight is 372 g/mol. The van der Waals surface area contributed by atoms with E-state index in [0.29, 0.717) is 29.2 Å². The van der Waals surface area contributed by atoms with Crippen LogP contribution in [0.5, 0.6) is 11.5 Å². The molecule has 2 aromatic carbocycles. The van der Waals surface area contributed by atoms with Gasteiger partial charge in [-0.15, -0.1) is 0 Å². The van der Waals surface area contributed by atoms with Crippen molar-refractivity contribution in [3.8, 4) is 11.5 Å². The van der Waals surface area contributed by atoms with Crippen LogP contribution >= 0.6 is 0 Å². The molecular weight excluding hydrogens is 348 g/mol. The number of methoxy groups -OCH3 is 2. The third-order valence-electron chi connectivity index (χ3n) is 4.09. The lowest BCUT2D eigenvalue weighted by Crippen LogP contribution is -2.28. The number of carboxylic acids is 1. The van der Waals surface area contributed by atoms with E-state index >= 15 is 0 Å². The first kappa shape index (κ1) is 20.1. The second kappa shape index (κ2) is 9.47. The first-order valence-corrected chi connectivity index (χ1v) is 8.57. The fourth-order valence-corrected chi connectivity index (χ4v) is 2.68. The molecule has 0 aliphatic carbocycles. The lowest BCUT2D eigenvalue weighted by molar-refractivity contribution is -0.134. The highest BCUT2D eigenvalue weighted by molar-refractivity contribution is 5.95. The van der Waals surface area contributed by atoms with E-state index in [1.807, 2.05) is 19.1 Å². The van der Waals surface area contributed by atoms with Crippen molar-refractivity contribution in [2.75, 3.05) is 26.1 Å². The fraction of sp³-hybridized carbons (Fsp3) is 0.300. The number of hydrogen-bond acceptors (Lipinski definition) is 5. The maximum atomic E-state index is 12.6. The molecule has 0 spiro atoms. The van der Waals surface area contributed by atoms with Crippen molar-refractivity contribution in [2.45, 2.75) is 19.4 Å². The second-order valence-corrected chi connectivity index (χ2v) is 5.88. The number of carbonyl (C=O) groups excluding carboxylic acids is 1. The molecule has 2 rings (SSSR count). The summed E-state index contributed by atoms with van der Waals surface area (Å²) < 4.78 is 10.6. The summed E-state index contributed by atoms with van der Waals surface area (Å²) in [7, 11) is 3.14. The Kier molecular flexibility index (Phi) is 7.05. The van der Waals surface area contributed by atoms with Gasteiger partial charge >= 0.3 is 5.97 Å². The molecule has 3 N–H and O–H groups in total. The van der Waals surface area contributed by atoms with Crippen molar-refractivity contribution in [1.29, 1.82) is 0 Å². The minimum absolute atomic E-state index is 0.201. The van der Waals surface area contributed by atoms with Gasteiger partial charge in [0.1, 0.15) is 6.54 Å². The van der Waals surface area contributed by atoms with Gasteiger partial charge in [-0.25, -0.2) is 0 Å². The number of amides is 1. The predicted molar refractivity (Wildman–Crippen MR) is 103 cm³/mol. The van der Waals surface area contributed by atoms with Crippen LogP contribution in [0.4, 0.5) is 5.69 Å². The van der Waals surface area contributed by atoms with Crippen LogP contribution in [0.1, 0.15) is 35.3 Å². The van der Waals surface area contributed by atoms with E-state index in [-0.39, 0.29) is 18.5 Å². The van der Waals surface area contributed by atoms with Crippen molar-refractivity contribution in [3.05, 3.63) is 53.6 Å². The third-order valence-corrected chi connectivity index (χ3v) is 4.09. The smallest absolute Gasteiger partial charge is 0.322 e. The van der Waals surface area contributed by atoms with Crippen LogP contribution in [-0.2, 0) is 4.79 Å². The van der Waals surface area contributed by atoms with Gasteiger partial charge in [0.25, 0.3) is 5.91 Å². The molecule has 0 aliphatic rings. The zero-order valence-corrected chi connectivity index (χ0v) is 15.6. The first-order chi connectivity index (χ1) is 13.0. The van der Waals surface area contributed by atoms with Gasteiger partial charge in [-0.05, 0) is 42.3 Å². The lowest BCUT2D eigenvalue weighted by atomic mass is 10.0. The van der Waals surface area contributed by atoms with Gasteiger partial charge in [0, 0.05) is 11.3 Å². The fourth-order valence-electron chi connectivity index (χ4n) is 2.68. The molecule has 0 radical (unpaired) electrons. The monoisotopic (exact) mass is 372 g/mol. The van der Waals surface area contributed by atoms with Crippen LogP contribution < -0.4 is 20.1 Å². The van der Waals surface area contributed by atoms with Crippen molar-refractivity contribution in [2.24, 2.45) is 0 Å². The summed E-state index contributed by atoms with van der Waals surface area (Å²) in [4.78, 5) is 23.3. The first-order valence-electron chi connectivity index (χ1n) is 8.57. The molecule has 1 amide bonds. The molecule has 2 aromatic rings. The van der Waals surface area contributed by atoms with Gasteiger partial charge < -0.3 is 25.2 Å². The maximum Gasteiger partial charge on any atom is 0.322 e. The number of benzene rings is 2. The second-order valence-electron chi connectivity index (χ2n) is 5.88. The van der Waals surface area contributed by atoms with Crippen LogP contribution in [-0.4, -0.2) is 37.7 Å². The van der Waals surface area contributed by atoms with Crippen molar-refractivity contribution in [1.82, 2.24) is 5.32 Å². The van der Waals surface area contributed by atoms with Crippen LogP contribution in [0, 0.1) is 0 Å². The number of carbonyl (C=O) groups is 2. The Labute approximate surface area is 158 Å². The molecule has 0 saturated carbocycles. The van der Waals surface area contributed by atoms with E-state index in [0.717, 1.165) is 5.56 Å². The highest BCUT2D eigenvalue weighted by Gasteiger charge is 2.16. The van der Waals surface area contributed by atoms with Gasteiger partial charge in [-0.1, -0.05) is 19.1 Å². The van der Waals surface area contributed by atoms with Gasteiger partial charge in [0.15, 0.2) is 11.5 Å². The Morgan fingerprint density at radius 1 is 1.07 bits per heavy atom. The Morgan fingerprint density at radius 2 is 1.81 bits per heavy atom. The largest absolute Gasteiger partial charge is 0.493 e. The topological polar surface area (TPSA) is 96.9 Å². The van der Waals surface area contributed by atoms with E-state index < -0.39 is 5.97 Å². The number of ether oxygens (including phenoxy) is 2. The molecule has 0 aromatic heterocycles. The van der Waals surface area contributed by atoms with Crippen LogP contribution in [0.15, 0.2) is 42.5 Å². The number of hydrogen-bond donors (Lipinski definition) is 3. The maximum absolute atomic E-state index is 12.6. The Morgan fingerprint density at radius 3 is 2.44 bits per heavy atom. The highest BCUT2D eigenvalue weighted by Crippen LogP contribution is 2.31. The molecule has 7 nitrogen and oxygen atoms in total. The predicted octanol–water partition coefficient (Wildman–Crippen LogP) is 3.08. The number of carboxylic acid groups (broad SMARTS) is 1. The summed E-state index contributed by atoms with van der Waals surface area (Å²) in [6.45, 7) is 1.76. The Balaban J connectivity index is 2.15. The molecule has 0 aliphatic heterocycles. The quantitative estimate of drug-likeness (QED) is 0.626. The van der Waals surface area contributed by atoms with E-state index in [4.69, 9.17) is 14.6 Å². The van der Waals surface area contributed by atoms with Gasteiger partial charge in [-0.3, -0.25) is 9.59 Å². The molecule has 1 atom stereocenters. The molecule has 0 bridgehead atoms. The molecule has 0 fully saturated rings. The molecule has 144 valence electrons. The van der Waals surface area contributed by atoms with Crippen molar-refractivity contribution >= 4 is 17.6 Å². The van der Waals surface area contributed by atoms with Gasteiger partial charge in [-0.2, -0.15) is 0 Å². The van der Waals surface area contributed by atoms with E-state index in [1.54, 1.807) is 44.6 Å². The SMILES string of the molecule is CCC(NC(=O)c1cccc(NCC(=O)O)c1)c1ccc(OC)c(OC)c1. The normalized spacial score (nSPS) is 11.4. The zero-order chi connectivity index (χ0) is 19.8. The number of anilines is 1. The van der Waals surface area contributed by atoms with Crippen LogP contribution in [0.2, 0.25) is 0 Å². The van der Waals surface area contributed by atoms with Crippen LogP contribution in [0.25, 0.3) is 0 Å². The number of aliphatic carboxylic acids is 1. The zero-order valence-electron chi connectivity index (χ0n) is 15.6. The standard InChI is InChI=1S/C20H24N2O5/c1-4-16(13-8-9-17(26-2)18(11-13)27-3)22-20(25)14-6-5-7-15(10-14)21-12-19(23)24/h5-11,16,21H,4,12H2,1-3H3,(H,22,25)(H,23,24). The van der Waals surface area contributed by atoms with E-state index in [9.17, 15) is 9.59 Å². The molecule has 1 unspecified atom stereocenters. The van der Waals surface area contributed by atoms with Crippen molar-refractivity contribution in [3.63, 3.8) is 0 Å². The van der Waals surface area contributed by atoms with Gasteiger partial charge in [0.2, 0.25) is 0 Å². The Bertz CT molecular complexity index is 807. The Hall–Kier alpha value is -3.22. The lowest BCUT2D eigenvalue weighted by Gasteiger charge is -2.19. The van der Waals surface area contributed by atoms with Crippen molar-refractivity contribution < 1.29 is 24.2 Å². The number of nitrogens with one attached hydrogen (secondary N) is 2. The highest BCUT2D eigenvalue weighted by atomic mass is 16.5. The molecular formula is C20H24N2O5. The summed E-state index contributed by atoms with van der Waals surface area (Å²) in [5.74, 6) is 0.0159. The molecule has 0 heterocycles. The minimum Gasteiger partial charge on any atom is -0.493 e. The average Bonchev–Trinajstić information content (AvgIpc) is 2.69. The van der Waals surface area contributed by atoms with E-state index in [2.05, 4.69) is 10.6 Å². The summed E-state index contributed by atoms with van der Waals surface area (Å²) in [6, 6.07) is 12.1. The molecule has 0 saturated heterocycles. The van der Waals surface area contributed by atoms with Crippen LogP contribution in [0.3, 0.4) is 0 Å². The van der Waals surface area contributed by atoms with E-state index in [1.165, 1.54) is 0 Å². The summed E-state index contributed by atoms with van der Waals surface area (Å²) >= 11 is 0. The third kappa shape index (κ3) is 5.37. The summed E-state index contributed by atoms with van der Waals surface area (Å²) in [5.41, 5.74) is 1.93. The summed E-state index contributed by atoms with van der Waals surface area (Å²) in [6.07, 6.45) is 0.693. The van der Waals surface area contributed by atoms with Gasteiger partial charge in [0.05, 0.1) is 20.3 Å². The summed E-state index contributed by atoms with van der Waals surface area (Å²) in [5, 5.41) is 14.5.